The first-order valence-electron chi connectivity index (χ1n) is 8.06. The van der Waals surface area contributed by atoms with Crippen LogP contribution in [-0.4, -0.2) is 51.2 Å². The largest absolute Gasteiger partial charge is 0.423 e. The summed E-state index contributed by atoms with van der Waals surface area (Å²) in [5, 5.41) is 13.2. The van der Waals surface area contributed by atoms with Gasteiger partial charge in [-0.15, -0.1) is 0 Å². The van der Waals surface area contributed by atoms with Crippen LogP contribution in [0.25, 0.3) is 11.1 Å². The third kappa shape index (κ3) is 3.16. The van der Waals surface area contributed by atoms with Crippen molar-refractivity contribution in [1.82, 2.24) is 20.3 Å². The molecular weight excluding hydrogens is 322 g/mol. The number of β-amino-alcohol motifs (C(OH)–C–C–N with tert-alkyl or cyclic N) is 1. The van der Waals surface area contributed by atoms with Crippen molar-refractivity contribution in [1.29, 1.82) is 0 Å². The Kier molecular flexibility index (Phi) is 4.02. The third-order valence-electron chi connectivity index (χ3n) is 4.25. The molecule has 4 rings (SSSR count). The molecule has 0 bridgehead atoms. The summed E-state index contributed by atoms with van der Waals surface area (Å²) in [6, 6.07) is 7.66. The Hall–Kier alpha value is -3.00. The van der Waals surface area contributed by atoms with E-state index in [1.54, 1.807) is 0 Å². The number of anilines is 1. The van der Waals surface area contributed by atoms with Crippen LogP contribution in [0.2, 0.25) is 0 Å². The number of aliphatic hydroxyl groups excluding tert-OH is 1. The average Bonchev–Trinajstić information content (AvgIpc) is 3.08. The molecular formula is C17H17N5O3. The Morgan fingerprint density at radius 3 is 2.96 bits per heavy atom. The van der Waals surface area contributed by atoms with E-state index in [9.17, 15) is 9.90 Å². The number of nitrogens with zero attached hydrogens (tertiary/aromatic N) is 4. The van der Waals surface area contributed by atoms with Crippen LogP contribution in [0, 0.1) is 0 Å². The molecule has 1 amide bonds. The van der Waals surface area contributed by atoms with E-state index in [0.29, 0.717) is 31.1 Å². The minimum Gasteiger partial charge on any atom is -0.423 e. The molecule has 8 nitrogen and oxygen atoms in total. The quantitative estimate of drug-likeness (QED) is 0.733. The van der Waals surface area contributed by atoms with Crippen LogP contribution in [-0.2, 0) is 0 Å². The lowest BCUT2D eigenvalue weighted by molar-refractivity contribution is 0.0789. The summed E-state index contributed by atoms with van der Waals surface area (Å²) in [6.07, 6.45) is 4.21. The van der Waals surface area contributed by atoms with Gasteiger partial charge in [-0.2, -0.15) is 4.98 Å². The molecule has 1 saturated heterocycles. The van der Waals surface area contributed by atoms with Crippen LogP contribution in [0.3, 0.4) is 0 Å². The van der Waals surface area contributed by atoms with Gasteiger partial charge in [-0.25, -0.2) is 4.98 Å². The first-order chi connectivity index (χ1) is 12.2. The van der Waals surface area contributed by atoms with E-state index >= 15 is 0 Å². The fourth-order valence-electron chi connectivity index (χ4n) is 2.93. The number of hydrogen-bond donors (Lipinski definition) is 2. The molecule has 0 spiro atoms. The summed E-state index contributed by atoms with van der Waals surface area (Å²) in [7, 11) is 0. The smallest absolute Gasteiger partial charge is 0.298 e. The Balaban J connectivity index is 1.42. The van der Waals surface area contributed by atoms with Gasteiger partial charge in [0.05, 0.1) is 24.9 Å². The number of benzene rings is 1. The molecule has 128 valence electrons. The number of fused-ring (bicyclic) bond motifs is 1. The van der Waals surface area contributed by atoms with E-state index in [1.165, 1.54) is 18.6 Å². The van der Waals surface area contributed by atoms with Crippen LogP contribution in [0.5, 0.6) is 0 Å². The van der Waals surface area contributed by atoms with Gasteiger partial charge in [-0.05, 0) is 18.6 Å². The number of piperidine rings is 1. The van der Waals surface area contributed by atoms with E-state index in [-0.39, 0.29) is 17.6 Å². The molecule has 3 heterocycles. The number of para-hydroxylation sites is 2. The van der Waals surface area contributed by atoms with Crippen LogP contribution in [0.4, 0.5) is 6.01 Å². The number of amides is 1. The van der Waals surface area contributed by atoms with Gasteiger partial charge in [0, 0.05) is 18.9 Å². The Morgan fingerprint density at radius 1 is 1.32 bits per heavy atom. The second-order valence-electron chi connectivity index (χ2n) is 5.94. The summed E-state index contributed by atoms with van der Waals surface area (Å²) in [5.41, 5.74) is 1.73. The molecule has 8 heteroatoms. The molecule has 2 atom stereocenters. The van der Waals surface area contributed by atoms with Crippen LogP contribution in [0.1, 0.15) is 16.9 Å². The molecule has 3 aromatic rings. The third-order valence-corrected chi connectivity index (χ3v) is 4.25. The molecule has 1 aliphatic rings. The number of nitrogens with one attached hydrogen (secondary N) is 1. The zero-order chi connectivity index (χ0) is 17.2. The lowest BCUT2D eigenvalue weighted by atomic mass is 10.0. The number of carbonyl (C=O) groups excluding carboxylic acids is 1. The van der Waals surface area contributed by atoms with Crippen LogP contribution < -0.4 is 10.2 Å². The van der Waals surface area contributed by atoms with Gasteiger partial charge in [0.15, 0.2) is 5.58 Å². The van der Waals surface area contributed by atoms with Gasteiger partial charge in [0.25, 0.3) is 11.9 Å². The minimum absolute atomic E-state index is 0.232. The lowest BCUT2D eigenvalue weighted by Gasteiger charge is -2.35. The van der Waals surface area contributed by atoms with E-state index in [1.807, 2.05) is 29.2 Å². The fourth-order valence-corrected chi connectivity index (χ4v) is 2.93. The zero-order valence-electron chi connectivity index (χ0n) is 13.4. The van der Waals surface area contributed by atoms with Gasteiger partial charge in [-0.1, -0.05) is 12.1 Å². The number of rotatable bonds is 3. The number of oxazole rings is 1. The highest BCUT2D eigenvalue weighted by atomic mass is 16.4. The normalized spacial score (nSPS) is 20.6. The maximum absolute atomic E-state index is 12.2. The predicted octanol–water partition coefficient (Wildman–Crippen LogP) is 0.987. The van der Waals surface area contributed by atoms with Crippen LogP contribution in [0.15, 0.2) is 47.3 Å². The van der Waals surface area contributed by atoms with Crippen molar-refractivity contribution in [3.63, 3.8) is 0 Å². The molecule has 1 fully saturated rings. The SMILES string of the molecule is O=C(N[C@@H]1CCN(c2nc3ccccc3o2)C[C@H]1O)c1cnccn1. The second kappa shape index (κ2) is 6.48. The number of aromatic nitrogens is 3. The predicted molar refractivity (Wildman–Crippen MR) is 90.1 cm³/mol. The standard InChI is InChI=1S/C17H17N5O3/c23-14-10-22(17-21-12-3-1-2-4-15(12)25-17)8-5-11(14)20-16(24)13-9-18-6-7-19-13/h1-4,6-7,9,11,14,23H,5,8,10H2,(H,20,24)/t11-,14-/m1/s1. The van der Waals surface area contributed by atoms with Crippen molar-refractivity contribution in [2.75, 3.05) is 18.0 Å². The van der Waals surface area contributed by atoms with Crippen molar-refractivity contribution >= 4 is 23.0 Å². The number of aliphatic hydroxyl groups is 1. The summed E-state index contributed by atoms with van der Waals surface area (Å²) in [4.78, 5) is 26.3. The average molecular weight is 339 g/mol. The molecule has 0 saturated carbocycles. The number of hydrogen-bond acceptors (Lipinski definition) is 7. The highest BCUT2D eigenvalue weighted by Gasteiger charge is 2.31. The van der Waals surface area contributed by atoms with Crippen LogP contribution >= 0.6 is 0 Å². The number of carbonyl (C=O) groups is 1. The maximum atomic E-state index is 12.2. The molecule has 0 radical (unpaired) electrons. The monoisotopic (exact) mass is 339 g/mol. The van der Waals surface area contributed by atoms with Crippen molar-refractivity contribution in [2.45, 2.75) is 18.6 Å². The molecule has 0 unspecified atom stereocenters. The van der Waals surface area contributed by atoms with Crippen molar-refractivity contribution < 1.29 is 14.3 Å². The fraction of sp³-hybridized carbons (Fsp3) is 0.294. The van der Waals surface area contributed by atoms with Crippen molar-refractivity contribution in [3.8, 4) is 0 Å². The summed E-state index contributed by atoms with van der Waals surface area (Å²) in [6.45, 7) is 0.952. The highest BCUT2D eigenvalue weighted by molar-refractivity contribution is 5.92. The van der Waals surface area contributed by atoms with E-state index < -0.39 is 6.10 Å². The summed E-state index contributed by atoms with van der Waals surface area (Å²) >= 11 is 0. The second-order valence-corrected chi connectivity index (χ2v) is 5.94. The molecule has 2 N–H and O–H groups in total. The highest BCUT2D eigenvalue weighted by Crippen LogP contribution is 2.24. The van der Waals surface area contributed by atoms with Crippen molar-refractivity contribution in [3.05, 3.63) is 48.5 Å². The molecule has 1 aliphatic heterocycles. The first kappa shape index (κ1) is 15.5. The van der Waals surface area contributed by atoms with Gasteiger partial charge in [0.2, 0.25) is 0 Å². The summed E-state index contributed by atoms with van der Waals surface area (Å²) in [5.74, 6) is -0.340. The van der Waals surface area contributed by atoms with E-state index in [2.05, 4.69) is 20.3 Å². The summed E-state index contributed by atoms with van der Waals surface area (Å²) < 4.78 is 5.74. The van der Waals surface area contributed by atoms with E-state index in [4.69, 9.17) is 4.42 Å². The topological polar surface area (TPSA) is 104 Å². The maximum Gasteiger partial charge on any atom is 0.298 e. The molecule has 25 heavy (non-hydrogen) atoms. The van der Waals surface area contributed by atoms with E-state index in [0.717, 1.165) is 5.52 Å². The Morgan fingerprint density at radius 2 is 2.20 bits per heavy atom. The Labute approximate surface area is 143 Å². The Bertz CT molecular complexity index is 849. The van der Waals surface area contributed by atoms with Gasteiger partial charge >= 0.3 is 0 Å². The molecule has 1 aromatic carbocycles. The first-order valence-corrected chi connectivity index (χ1v) is 8.06. The lowest BCUT2D eigenvalue weighted by Crippen LogP contribution is -2.54. The van der Waals surface area contributed by atoms with Crippen molar-refractivity contribution in [2.24, 2.45) is 0 Å². The van der Waals surface area contributed by atoms with Gasteiger partial charge in [-0.3, -0.25) is 9.78 Å². The van der Waals surface area contributed by atoms with Gasteiger partial charge < -0.3 is 19.7 Å². The van der Waals surface area contributed by atoms with Gasteiger partial charge in [0.1, 0.15) is 11.2 Å². The zero-order valence-corrected chi connectivity index (χ0v) is 13.4. The molecule has 0 aliphatic carbocycles. The minimum atomic E-state index is -0.732. The molecule has 2 aromatic heterocycles.